The Morgan fingerprint density at radius 2 is 1.62 bits per heavy atom. The first-order valence-corrected chi connectivity index (χ1v) is 13.8. The van der Waals surface area contributed by atoms with Crippen molar-refractivity contribution in [1.29, 1.82) is 0 Å². The average molecular weight is 415 g/mol. The number of hydrogen-bond acceptors (Lipinski definition) is 2. The van der Waals surface area contributed by atoms with Gasteiger partial charge in [-0.05, 0) is 54.3 Å². The number of hydrogen-bond donors (Lipinski definition) is 0. The Hall–Kier alpha value is -1.45. The molecule has 0 radical (unpaired) electrons. The van der Waals surface area contributed by atoms with E-state index < -0.39 is 14.2 Å². The van der Waals surface area contributed by atoms with Gasteiger partial charge in [-0.1, -0.05) is 72.6 Å². The minimum atomic E-state index is -1.78. The molecular weight excluding hydrogens is 372 g/mol. The van der Waals surface area contributed by atoms with E-state index in [1.165, 1.54) is 12.5 Å². The van der Waals surface area contributed by atoms with Crippen LogP contribution in [-0.2, 0) is 9.53 Å². The number of ether oxygens (including phenoxy) is 1. The van der Waals surface area contributed by atoms with Gasteiger partial charge < -0.3 is 4.74 Å². The van der Waals surface area contributed by atoms with E-state index in [0.717, 1.165) is 50.5 Å². The quantitative estimate of drug-likeness (QED) is 0.190. The lowest BCUT2D eigenvalue weighted by molar-refractivity contribution is -0.142. The van der Waals surface area contributed by atoms with Gasteiger partial charge in [-0.3, -0.25) is 4.79 Å². The summed E-state index contributed by atoms with van der Waals surface area (Å²) in [7, 11) is -1.78. The second kappa shape index (κ2) is 12.3. The molecule has 0 fully saturated rings. The first kappa shape index (κ1) is 25.6. The fourth-order valence-electron chi connectivity index (χ4n) is 4.76. The van der Waals surface area contributed by atoms with Gasteiger partial charge in [0.1, 0.15) is 8.07 Å². The smallest absolute Gasteiger partial charge is 0.304 e. The van der Waals surface area contributed by atoms with E-state index in [1.54, 1.807) is 0 Å². The van der Waals surface area contributed by atoms with E-state index >= 15 is 0 Å². The summed E-state index contributed by atoms with van der Waals surface area (Å²) in [6.07, 6.45) is 6.82. The van der Waals surface area contributed by atoms with Gasteiger partial charge in [-0.2, -0.15) is 0 Å². The number of unbranched alkanes of at least 4 members (excludes halogenated alkanes) is 2. The Kier molecular flexibility index (Phi) is 10.8. The van der Waals surface area contributed by atoms with Crippen LogP contribution in [-0.4, -0.2) is 20.1 Å². The highest BCUT2D eigenvalue weighted by atomic mass is 28.3. The van der Waals surface area contributed by atoms with Crippen LogP contribution in [0.15, 0.2) is 11.1 Å². The molecule has 0 spiro atoms. The standard InChI is InChI=1S/C26H42O2Si/c1-9-10-11-12-17-26(28-23(8)27)25-16-14-13-15-24(25)18-19-29(20(2)3,21(4)5)22(6)7/h20-22,26H,9-11,13-16H2,1-8H3. The lowest BCUT2D eigenvalue weighted by Crippen LogP contribution is -2.43. The van der Waals surface area contributed by atoms with Crippen molar-refractivity contribution in [1.82, 2.24) is 0 Å². The van der Waals surface area contributed by atoms with Crippen LogP contribution in [0.5, 0.6) is 0 Å². The van der Waals surface area contributed by atoms with Crippen molar-refractivity contribution >= 4 is 14.0 Å². The van der Waals surface area contributed by atoms with Gasteiger partial charge in [0.05, 0.1) is 0 Å². The van der Waals surface area contributed by atoms with E-state index in [0.29, 0.717) is 16.6 Å². The van der Waals surface area contributed by atoms with Gasteiger partial charge in [0.2, 0.25) is 0 Å². The van der Waals surface area contributed by atoms with Gasteiger partial charge in [0.25, 0.3) is 0 Å². The van der Waals surface area contributed by atoms with Crippen LogP contribution in [0.1, 0.15) is 100 Å². The maximum absolute atomic E-state index is 11.7. The zero-order chi connectivity index (χ0) is 22.0. The number of esters is 1. The monoisotopic (exact) mass is 414 g/mol. The lowest BCUT2D eigenvalue weighted by Gasteiger charge is -2.38. The third kappa shape index (κ3) is 7.08. The van der Waals surface area contributed by atoms with Gasteiger partial charge in [-0.15, -0.1) is 5.54 Å². The minimum Gasteiger partial charge on any atom is -0.445 e. The maximum atomic E-state index is 11.7. The SMILES string of the molecule is CCCCC#CC(OC(C)=O)C1=C(C#C[Si](C(C)C)(C(C)C)C(C)C)CCCC1. The molecule has 0 saturated carbocycles. The molecule has 162 valence electrons. The molecule has 1 unspecified atom stereocenters. The second-order valence-corrected chi connectivity index (χ2v) is 14.9. The third-order valence-electron chi connectivity index (χ3n) is 6.30. The predicted molar refractivity (Wildman–Crippen MR) is 127 cm³/mol. The summed E-state index contributed by atoms with van der Waals surface area (Å²) >= 11 is 0. The van der Waals surface area contributed by atoms with Crippen molar-refractivity contribution in [2.75, 3.05) is 0 Å². The molecule has 0 amide bonds. The Morgan fingerprint density at radius 3 is 2.14 bits per heavy atom. The van der Waals surface area contributed by atoms with Crippen LogP contribution in [0.25, 0.3) is 0 Å². The fourth-order valence-corrected chi connectivity index (χ4v) is 9.99. The van der Waals surface area contributed by atoms with Crippen LogP contribution in [0.3, 0.4) is 0 Å². The molecule has 0 N–H and O–H groups in total. The summed E-state index contributed by atoms with van der Waals surface area (Å²) in [5.74, 6) is 9.86. The molecule has 1 aliphatic carbocycles. The minimum absolute atomic E-state index is 0.263. The molecule has 1 atom stereocenters. The topological polar surface area (TPSA) is 26.3 Å². The Labute approximate surface area is 181 Å². The molecular formula is C26H42O2Si. The van der Waals surface area contributed by atoms with Crippen LogP contribution in [0, 0.1) is 23.3 Å². The fraction of sp³-hybridized carbons (Fsp3) is 0.731. The van der Waals surface area contributed by atoms with E-state index in [1.807, 2.05) is 0 Å². The summed E-state index contributed by atoms with van der Waals surface area (Å²) in [4.78, 5) is 11.7. The van der Waals surface area contributed by atoms with Crippen molar-refractivity contribution in [2.45, 2.75) is 123 Å². The highest BCUT2D eigenvalue weighted by molar-refractivity contribution is 6.90. The zero-order valence-corrected chi connectivity index (χ0v) is 21.1. The first-order valence-electron chi connectivity index (χ1n) is 11.6. The first-order chi connectivity index (χ1) is 13.7. The Bertz CT molecular complexity index is 670. The second-order valence-electron chi connectivity index (χ2n) is 9.27. The summed E-state index contributed by atoms with van der Waals surface area (Å²) in [5.41, 5.74) is 8.03. The lowest BCUT2D eigenvalue weighted by atomic mass is 9.89. The molecule has 0 aromatic rings. The molecule has 2 nitrogen and oxygen atoms in total. The molecule has 0 aliphatic heterocycles. The summed E-state index contributed by atoms with van der Waals surface area (Å²) in [5, 5.41) is 0. The molecule has 1 aliphatic rings. The summed E-state index contributed by atoms with van der Waals surface area (Å²) in [6.45, 7) is 17.7. The summed E-state index contributed by atoms with van der Waals surface area (Å²) < 4.78 is 5.65. The van der Waals surface area contributed by atoms with Gasteiger partial charge >= 0.3 is 5.97 Å². The molecule has 0 aromatic heterocycles. The predicted octanol–water partition coefficient (Wildman–Crippen LogP) is 7.20. The average Bonchev–Trinajstić information content (AvgIpc) is 2.64. The van der Waals surface area contributed by atoms with E-state index in [4.69, 9.17) is 4.74 Å². The van der Waals surface area contributed by atoms with Crippen molar-refractivity contribution in [3.63, 3.8) is 0 Å². The molecule has 3 heteroatoms. The van der Waals surface area contributed by atoms with E-state index in [2.05, 4.69) is 71.8 Å². The van der Waals surface area contributed by atoms with Crippen molar-refractivity contribution < 1.29 is 9.53 Å². The molecule has 1 rings (SSSR count). The number of carbonyl (C=O) groups is 1. The largest absolute Gasteiger partial charge is 0.445 e. The molecule has 0 aromatic carbocycles. The zero-order valence-electron chi connectivity index (χ0n) is 20.1. The number of rotatable bonds is 7. The molecule has 0 bridgehead atoms. The maximum Gasteiger partial charge on any atom is 0.304 e. The van der Waals surface area contributed by atoms with Crippen molar-refractivity contribution in [3.05, 3.63) is 11.1 Å². The third-order valence-corrected chi connectivity index (χ3v) is 12.6. The van der Waals surface area contributed by atoms with E-state index in [9.17, 15) is 4.79 Å². The van der Waals surface area contributed by atoms with Crippen molar-refractivity contribution in [3.8, 4) is 23.3 Å². The molecule has 29 heavy (non-hydrogen) atoms. The highest BCUT2D eigenvalue weighted by Crippen LogP contribution is 2.41. The Balaban J connectivity index is 3.41. The number of carbonyl (C=O) groups excluding carboxylic acids is 1. The number of allylic oxidation sites excluding steroid dienone is 1. The van der Waals surface area contributed by atoms with Crippen molar-refractivity contribution in [2.24, 2.45) is 0 Å². The van der Waals surface area contributed by atoms with Gasteiger partial charge in [0.15, 0.2) is 6.10 Å². The van der Waals surface area contributed by atoms with Crippen LogP contribution in [0.4, 0.5) is 0 Å². The van der Waals surface area contributed by atoms with Gasteiger partial charge in [-0.25, -0.2) is 0 Å². The molecule has 0 heterocycles. The van der Waals surface area contributed by atoms with Crippen LogP contribution in [0.2, 0.25) is 16.6 Å². The van der Waals surface area contributed by atoms with E-state index in [-0.39, 0.29) is 5.97 Å². The van der Waals surface area contributed by atoms with Gasteiger partial charge in [0, 0.05) is 18.9 Å². The Morgan fingerprint density at radius 1 is 1.03 bits per heavy atom. The summed E-state index contributed by atoms with van der Waals surface area (Å²) in [6, 6.07) is 0. The molecule has 0 saturated heterocycles. The highest BCUT2D eigenvalue weighted by Gasteiger charge is 2.41. The van der Waals surface area contributed by atoms with Crippen LogP contribution >= 0.6 is 0 Å². The van der Waals surface area contributed by atoms with Crippen LogP contribution < -0.4 is 0 Å². The normalized spacial score (nSPS) is 15.7.